The van der Waals surface area contributed by atoms with Crippen LogP contribution < -0.4 is 5.73 Å². The Hall–Kier alpha value is -1.38. The topological polar surface area (TPSA) is 38.9 Å². The summed E-state index contributed by atoms with van der Waals surface area (Å²) < 4.78 is 12.7. The van der Waals surface area contributed by atoms with Crippen molar-refractivity contribution in [2.24, 2.45) is 5.92 Å². The molecule has 3 heteroatoms. The molecule has 0 fully saturated rings. The molecule has 84 valence electrons. The number of halogens is 1. The number of aromatic nitrogens is 1. The van der Waals surface area contributed by atoms with Crippen LogP contribution in [0.1, 0.15) is 26.3 Å². The van der Waals surface area contributed by atoms with Crippen molar-refractivity contribution in [1.82, 2.24) is 4.98 Å². The standard InChI is InChI=1S/C9H13FN2.C3H6/c1-6(2)3-7-4-8(10)5-12-9(7)11;1-3-2/h4-6H,3H2,1-2H3,(H2,11,12);3H,1H2,2H3. The minimum Gasteiger partial charge on any atom is -0.383 e. The van der Waals surface area contributed by atoms with Gasteiger partial charge in [0, 0.05) is 0 Å². The lowest BCUT2D eigenvalue weighted by atomic mass is 10.0. The summed E-state index contributed by atoms with van der Waals surface area (Å²) in [5.41, 5.74) is 6.36. The third kappa shape index (κ3) is 5.83. The Morgan fingerprint density at radius 3 is 2.60 bits per heavy atom. The van der Waals surface area contributed by atoms with Crippen LogP contribution in [0.2, 0.25) is 0 Å². The maximum absolute atomic E-state index is 12.7. The van der Waals surface area contributed by atoms with Crippen molar-refractivity contribution >= 4 is 5.82 Å². The predicted molar refractivity (Wildman–Crippen MR) is 63.0 cm³/mol. The Kier molecular flexibility index (Phi) is 6.34. The van der Waals surface area contributed by atoms with Gasteiger partial charge in [0.15, 0.2) is 0 Å². The zero-order valence-electron chi connectivity index (χ0n) is 9.63. The first-order valence-electron chi connectivity index (χ1n) is 4.98. The zero-order valence-corrected chi connectivity index (χ0v) is 9.63. The highest BCUT2D eigenvalue weighted by Gasteiger charge is 2.04. The fourth-order valence-electron chi connectivity index (χ4n) is 1.10. The molecule has 15 heavy (non-hydrogen) atoms. The fourth-order valence-corrected chi connectivity index (χ4v) is 1.10. The van der Waals surface area contributed by atoms with Crippen molar-refractivity contribution in [2.75, 3.05) is 5.73 Å². The fraction of sp³-hybridized carbons (Fsp3) is 0.417. The van der Waals surface area contributed by atoms with Crippen molar-refractivity contribution in [3.05, 3.63) is 36.3 Å². The largest absolute Gasteiger partial charge is 0.383 e. The van der Waals surface area contributed by atoms with Gasteiger partial charge in [0.05, 0.1) is 6.20 Å². The monoisotopic (exact) mass is 210 g/mol. The molecule has 0 saturated heterocycles. The quantitative estimate of drug-likeness (QED) is 0.761. The predicted octanol–water partition coefficient (Wildman–Crippen LogP) is 3.19. The van der Waals surface area contributed by atoms with E-state index in [4.69, 9.17) is 5.73 Å². The van der Waals surface area contributed by atoms with Crippen LogP contribution in [-0.4, -0.2) is 4.98 Å². The van der Waals surface area contributed by atoms with Crippen LogP contribution >= 0.6 is 0 Å². The summed E-state index contributed by atoms with van der Waals surface area (Å²) in [5, 5.41) is 0. The maximum atomic E-state index is 12.7. The van der Waals surface area contributed by atoms with E-state index in [9.17, 15) is 4.39 Å². The van der Waals surface area contributed by atoms with E-state index in [2.05, 4.69) is 25.4 Å². The van der Waals surface area contributed by atoms with Gasteiger partial charge in [-0.1, -0.05) is 19.9 Å². The number of pyridine rings is 1. The second-order valence-corrected chi connectivity index (χ2v) is 3.70. The number of nitrogens with zero attached hydrogens (tertiary/aromatic N) is 1. The summed E-state index contributed by atoms with van der Waals surface area (Å²) in [4.78, 5) is 3.73. The highest BCUT2D eigenvalue weighted by molar-refractivity contribution is 5.38. The van der Waals surface area contributed by atoms with Crippen LogP contribution in [0.4, 0.5) is 10.2 Å². The molecule has 0 bridgehead atoms. The molecular formula is C12H19FN2. The molecule has 0 amide bonds. The molecule has 0 aromatic carbocycles. The number of anilines is 1. The molecule has 1 rings (SSSR count). The van der Waals surface area contributed by atoms with Crippen LogP contribution in [0.25, 0.3) is 0 Å². The molecule has 0 saturated carbocycles. The van der Waals surface area contributed by atoms with Crippen molar-refractivity contribution in [3.8, 4) is 0 Å². The second kappa shape index (κ2) is 6.98. The molecule has 0 aliphatic rings. The molecule has 0 unspecified atom stereocenters. The molecule has 1 heterocycles. The van der Waals surface area contributed by atoms with E-state index >= 15 is 0 Å². The van der Waals surface area contributed by atoms with Gasteiger partial charge in [-0.25, -0.2) is 9.37 Å². The first-order chi connectivity index (χ1) is 7.01. The van der Waals surface area contributed by atoms with Gasteiger partial charge >= 0.3 is 0 Å². The summed E-state index contributed by atoms with van der Waals surface area (Å²) >= 11 is 0. The number of allylic oxidation sites excluding steroid dienone is 1. The highest BCUT2D eigenvalue weighted by atomic mass is 19.1. The van der Waals surface area contributed by atoms with Gasteiger partial charge in [0.2, 0.25) is 0 Å². The number of hydrogen-bond acceptors (Lipinski definition) is 2. The van der Waals surface area contributed by atoms with E-state index in [0.29, 0.717) is 11.7 Å². The third-order valence-electron chi connectivity index (χ3n) is 1.60. The summed E-state index contributed by atoms with van der Waals surface area (Å²) in [6, 6.07) is 1.45. The van der Waals surface area contributed by atoms with E-state index in [1.165, 1.54) is 6.07 Å². The van der Waals surface area contributed by atoms with Gasteiger partial charge in [-0.05, 0) is 30.9 Å². The Balaban J connectivity index is 0.000000583. The average Bonchev–Trinajstić information content (AvgIpc) is 2.12. The van der Waals surface area contributed by atoms with Crippen molar-refractivity contribution < 1.29 is 4.39 Å². The number of nitrogen functional groups attached to an aromatic ring is 1. The van der Waals surface area contributed by atoms with Crippen molar-refractivity contribution in [2.45, 2.75) is 27.2 Å². The van der Waals surface area contributed by atoms with Crippen LogP contribution in [0.3, 0.4) is 0 Å². The summed E-state index contributed by atoms with van der Waals surface area (Å²) in [6.07, 6.45) is 3.66. The number of rotatable bonds is 2. The Morgan fingerprint density at radius 2 is 2.13 bits per heavy atom. The van der Waals surface area contributed by atoms with Crippen LogP contribution in [0.5, 0.6) is 0 Å². The SMILES string of the molecule is C=CC.CC(C)Cc1cc(F)cnc1N. The Bertz CT molecular complexity index is 308. The first kappa shape index (κ1) is 13.6. The number of nitrogens with two attached hydrogens (primary N) is 1. The smallest absolute Gasteiger partial charge is 0.141 e. The molecule has 1 aromatic heterocycles. The van der Waals surface area contributed by atoms with Crippen LogP contribution in [0.15, 0.2) is 24.9 Å². The van der Waals surface area contributed by atoms with Gasteiger partial charge in [0.25, 0.3) is 0 Å². The normalized spacial score (nSPS) is 9.40. The minimum absolute atomic E-state index is 0.320. The van der Waals surface area contributed by atoms with Gasteiger partial charge in [-0.3, -0.25) is 0 Å². The zero-order chi connectivity index (χ0) is 11.8. The Labute approximate surface area is 91.0 Å². The lowest BCUT2D eigenvalue weighted by Gasteiger charge is -2.06. The maximum Gasteiger partial charge on any atom is 0.141 e. The minimum atomic E-state index is -0.320. The van der Waals surface area contributed by atoms with E-state index in [1.807, 2.05) is 6.92 Å². The van der Waals surface area contributed by atoms with Crippen LogP contribution in [-0.2, 0) is 6.42 Å². The van der Waals surface area contributed by atoms with E-state index in [0.717, 1.165) is 18.2 Å². The lowest BCUT2D eigenvalue weighted by Crippen LogP contribution is -2.02. The van der Waals surface area contributed by atoms with Gasteiger partial charge < -0.3 is 5.73 Å². The van der Waals surface area contributed by atoms with Crippen LogP contribution in [0, 0.1) is 11.7 Å². The van der Waals surface area contributed by atoms with E-state index in [1.54, 1.807) is 6.08 Å². The summed E-state index contributed by atoms with van der Waals surface area (Å²) in [5.74, 6) is 0.584. The molecule has 1 aromatic rings. The van der Waals surface area contributed by atoms with E-state index < -0.39 is 0 Å². The molecule has 0 aliphatic carbocycles. The summed E-state index contributed by atoms with van der Waals surface area (Å²) in [7, 11) is 0. The van der Waals surface area contributed by atoms with Crippen molar-refractivity contribution in [3.63, 3.8) is 0 Å². The second-order valence-electron chi connectivity index (χ2n) is 3.70. The van der Waals surface area contributed by atoms with E-state index in [-0.39, 0.29) is 5.82 Å². The van der Waals surface area contributed by atoms with Gasteiger partial charge in [0.1, 0.15) is 11.6 Å². The third-order valence-corrected chi connectivity index (χ3v) is 1.60. The number of hydrogen-bond donors (Lipinski definition) is 1. The molecule has 2 nitrogen and oxygen atoms in total. The molecule has 0 radical (unpaired) electrons. The van der Waals surface area contributed by atoms with Gasteiger partial charge in [-0.15, -0.1) is 6.58 Å². The molecule has 0 spiro atoms. The molecule has 2 N–H and O–H groups in total. The molecular weight excluding hydrogens is 191 g/mol. The van der Waals surface area contributed by atoms with Crippen molar-refractivity contribution in [1.29, 1.82) is 0 Å². The molecule has 0 aliphatic heterocycles. The highest BCUT2D eigenvalue weighted by Crippen LogP contribution is 2.14. The summed E-state index contributed by atoms with van der Waals surface area (Å²) in [6.45, 7) is 9.37. The Morgan fingerprint density at radius 1 is 1.60 bits per heavy atom. The molecule has 0 atom stereocenters. The van der Waals surface area contributed by atoms with Gasteiger partial charge in [-0.2, -0.15) is 0 Å². The first-order valence-corrected chi connectivity index (χ1v) is 4.98. The lowest BCUT2D eigenvalue weighted by molar-refractivity contribution is 0.607. The average molecular weight is 210 g/mol.